The van der Waals surface area contributed by atoms with Crippen molar-refractivity contribution < 1.29 is 28.2 Å². The number of piperidine rings is 1. The lowest BCUT2D eigenvalue weighted by Crippen LogP contribution is -2.50. The molecule has 5 rings (SSSR count). The molecule has 0 aliphatic carbocycles. The largest absolute Gasteiger partial charge is 0.444 e. The van der Waals surface area contributed by atoms with Gasteiger partial charge in [-0.3, -0.25) is 9.69 Å². The van der Waals surface area contributed by atoms with Crippen molar-refractivity contribution in [3.05, 3.63) is 64.4 Å². The number of likely N-dealkylation sites (tertiary alicyclic amines) is 2. The molecular weight excluding hydrogens is 537 g/mol. The zero-order valence-electron chi connectivity index (χ0n) is 23.2. The maximum absolute atomic E-state index is 14.1. The normalized spacial score (nSPS) is 23.6. The van der Waals surface area contributed by atoms with Gasteiger partial charge >= 0.3 is 12.2 Å². The van der Waals surface area contributed by atoms with Crippen molar-refractivity contribution in [3.63, 3.8) is 0 Å². The van der Waals surface area contributed by atoms with E-state index in [0.29, 0.717) is 55.4 Å². The van der Waals surface area contributed by atoms with E-state index in [1.165, 1.54) is 18.2 Å². The van der Waals surface area contributed by atoms with Crippen LogP contribution < -0.4 is 4.74 Å². The minimum absolute atomic E-state index is 0.00905. The van der Waals surface area contributed by atoms with Gasteiger partial charge in [-0.15, -0.1) is 0 Å². The molecule has 0 aromatic heterocycles. The standard InChI is InChI=1S/C30H35ClFN3O5/c1-18-23-15-22(32)9-10-26(23)39-29(38)35(18)25-17-34(16-24(25)19-5-7-21(31)8-6-19)27(36)20-11-13-33(14-12-20)28(37)40-30(2,3)4/h5-10,15,18,20,24-25H,11-14,16-17H2,1-4H3/t18?,24-,25+/m0/s1. The van der Waals surface area contributed by atoms with E-state index >= 15 is 0 Å². The fourth-order valence-electron chi connectivity index (χ4n) is 6.00. The second-order valence-corrected chi connectivity index (χ2v) is 12.3. The topological polar surface area (TPSA) is 79.4 Å². The number of carbonyl (C=O) groups excluding carboxylic acids is 3. The van der Waals surface area contributed by atoms with Gasteiger partial charge < -0.3 is 19.3 Å². The number of hydrogen-bond donors (Lipinski definition) is 0. The van der Waals surface area contributed by atoms with Gasteiger partial charge in [0.05, 0.1) is 12.1 Å². The molecule has 1 unspecified atom stereocenters. The predicted molar refractivity (Wildman–Crippen MR) is 148 cm³/mol. The Bertz CT molecular complexity index is 1290. The van der Waals surface area contributed by atoms with Crippen LogP contribution in [0, 0.1) is 11.7 Å². The van der Waals surface area contributed by atoms with Crippen molar-refractivity contribution in [2.24, 2.45) is 5.92 Å². The third kappa shape index (κ3) is 5.75. The van der Waals surface area contributed by atoms with E-state index in [1.807, 2.05) is 44.7 Å². The molecule has 40 heavy (non-hydrogen) atoms. The Morgan fingerprint density at radius 2 is 1.70 bits per heavy atom. The van der Waals surface area contributed by atoms with Crippen molar-refractivity contribution in [2.45, 2.75) is 64.1 Å². The lowest BCUT2D eigenvalue weighted by Gasteiger charge is -2.40. The molecule has 10 heteroatoms. The summed E-state index contributed by atoms with van der Waals surface area (Å²) in [6.07, 6.45) is 0.201. The summed E-state index contributed by atoms with van der Waals surface area (Å²) in [6, 6.07) is 10.7. The Morgan fingerprint density at radius 3 is 2.35 bits per heavy atom. The highest BCUT2D eigenvalue weighted by atomic mass is 35.5. The number of halogens is 2. The average molecular weight is 572 g/mol. The van der Waals surface area contributed by atoms with Crippen molar-refractivity contribution >= 4 is 29.7 Å². The number of hydrogen-bond acceptors (Lipinski definition) is 5. The van der Waals surface area contributed by atoms with Crippen LogP contribution in [0.25, 0.3) is 0 Å². The highest BCUT2D eigenvalue weighted by Crippen LogP contribution is 2.42. The van der Waals surface area contributed by atoms with Crippen molar-refractivity contribution in [1.82, 2.24) is 14.7 Å². The van der Waals surface area contributed by atoms with Crippen LogP contribution in [-0.4, -0.2) is 70.6 Å². The second-order valence-electron chi connectivity index (χ2n) is 11.8. The minimum atomic E-state index is -0.579. The number of fused-ring (bicyclic) bond motifs is 1. The molecule has 2 saturated heterocycles. The lowest BCUT2D eigenvalue weighted by molar-refractivity contribution is -0.136. The zero-order valence-corrected chi connectivity index (χ0v) is 24.0. The van der Waals surface area contributed by atoms with Crippen LogP contribution in [0.4, 0.5) is 14.0 Å². The van der Waals surface area contributed by atoms with E-state index in [4.69, 9.17) is 21.1 Å². The molecule has 0 radical (unpaired) electrons. The van der Waals surface area contributed by atoms with Gasteiger partial charge in [-0.05, 0) is 76.4 Å². The van der Waals surface area contributed by atoms with Crippen LogP contribution in [-0.2, 0) is 9.53 Å². The third-order valence-corrected chi connectivity index (χ3v) is 8.25. The highest BCUT2D eigenvalue weighted by Gasteiger charge is 2.47. The monoisotopic (exact) mass is 571 g/mol. The third-order valence-electron chi connectivity index (χ3n) is 8.00. The van der Waals surface area contributed by atoms with Crippen LogP contribution in [0.2, 0.25) is 5.02 Å². The Hall–Kier alpha value is -3.33. The molecule has 2 aromatic rings. The van der Waals surface area contributed by atoms with E-state index in [2.05, 4.69) is 0 Å². The van der Waals surface area contributed by atoms with Gasteiger partial charge in [0, 0.05) is 48.6 Å². The molecule has 0 spiro atoms. The van der Waals surface area contributed by atoms with Crippen LogP contribution >= 0.6 is 11.6 Å². The average Bonchev–Trinajstić information content (AvgIpc) is 3.33. The van der Waals surface area contributed by atoms with Crippen LogP contribution in [0.1, 0.15) is 63.6 Å². The first-order chi connectivity index (χ1) is 18.9. The molecular formula is C30H35ClFN3O5. The summed E-state index contributed by atoms with van der Waals surface area (Å²) >= 11 is 6.15. The minimum Gasteiger partial charge on any atom is -0.444 e. The van der Waals surface area contributed by atoms with E-state index < -0.39 is 23.6 Å². The number of benzene rings is 2. The molecule has 0 bridgehead atoms. The van der Waals surface area contributed by atoms with Gasteiger partial charge in [-0.2, -0.15) is 0 Å². The Labute approximate surface area is 238 Å². The summed E-state index contributed by atoms with van der Waals surface area (Å²) in [7, 11) is 0. The lowest BCUT2D eigenvalue weighted by atomic mass is 9.91. The predicted octanol–water partition coefficient (Wildman–Crippen LogP) is 6.00. The van der Waals surface area contributed by atoms with E-state index in [9.17, 15) is 18.8 Å². The Morgan fingerprint density at radius 1 is 1.02 bits per heavy atom. The molecule has 0 N–H and O–H groups in total. The number of amides is 3. The Balaban J connectivity index is 1.35. The van der Waals surface area contributed by atoms with Crippen LogP contribution in [0.3, 0.4) is 0 Å². The first-order valence-corrected chi connectivity index (χ1v) is 14.1. The first kappa shape index (κ1) is 28.2. The fourth-order valence-corrected chi connectivity index (χ4v) is 6.12. The molecule has 2 fully saturated rings. The second kappa shape index (κ2) is 10.9. The van der Waals surface area contributed by atoms with Gasteiger partial charge in [0.2, 0.25) is 5.91 Å². The van der Waals surface area contributed by atoms with Gasteiger partial charge in [0.1, 0.15) is 17.2 Å². The van der Waals surface area contributed by atoms with E-state index in [1.54, 1.807) is 21.9 Å². The molecule has 3 heterocycles. The van der Waals surface area contributed by atoms with E-state index in [-0.39, 0.29) is 29.9 Å². The summed E-state index contributed by atoms with van der Waals surface area (Å²) in [5.41, 5.74) is 0.965. The Kier molecular flexibility index (Phi) is 7.70. The molecule has 0 saturated carbocycles. The van der Waals surface area contributed by atoms with Crippen molar-refractivity contribution in [1.29, 1.82) is 0 Å². The number of rotatable bonds is 3. The number of ether oxygens (including phenoxy) is 2. The van der Waals surface area contributed by atoms with Crippen LogP contribution in [0.5, 0.6) is 5.75 Å². The number of carbonyl (C=O) groups is 3. The van der Waals surface area contributed by atoms with Crippen LogP contribution in [0.15, 0.2) is 42.5 Å². The SMILES string of the molecule is CC1c2cc(F)ccc2OC(=O)N1[C@@H]1CN(C(=O)C2CCN(C(=O)OC(C)(C)C)CC2)C[C@H]1c1ccc(Cl)cc1. The molecule has 214 valence electrons. The summed E-state index contributed by atoms with van der Waals surface area (Å²) in [5, 5.41) is 0.595. The molecule has 2 aromatic carbocycles. The fraction of sp³-hybridized carbons (Fsp3) is 0.500. The zero-order chi connectivity index (χ0) is 28.8. The van der Waals surface area contributed by atoms with Gasteiger partial charge in [0.25, 0.3) is 0 Å². The van der Waals surface area contributed by atoms with Gasteiger partial charge in [-0.25, -0.2) is 14.0 Å². The molecule has 3 aliphatic heterocycles. The smallest absolute Gasteiger partial charge is 0.416 e. The maximum Gasteiger partial charge on any atom is 0.416 e. The van der Waals surface area contributed by atoms with E-state index in [0.717, 1.165) is 5.56 Å². The molecule has 3 amide bonds. The summed E-state index contributed by atoms with van der Waals surface area (Å²) < 4.78 is 25.2. The van der Waals surface area contributed by atoms with Crippen molar-refractivity contribution in [2.75, 3.05) is 26.2 Å². The molecule has 3 atom stereocenters. The summed E-state index contributed by atoms with van der Waals surface area (Å²) in [5.74, 6) is -0.466. The van der Waals surface area contributed by atoms with Crippen molar-refractivity contribution in [3.8, 4) is 5.75 Å². The molecule has 8 nitrogen and oxygen atoms in total. The van der Waals surface area contributed by atoms with Gasteiger partial charge in [0.15, 0.2) is 0 Å². The maximum atomic E-state index is 14.1. The molecule has 3 aliphatic rings. The number of nitrogens with zero attached hydrogens (tertiary/aromatic N) is 3. The summed E-state index contributed by atoms with van der Waals surface area (Å²) in [6.45, 7) is 8.98. The van der Waals surface area contributed by atoms with Gasteiger partial charge in [-0.1, -0.05) is 23.7 Å². The summed E-state index contributed by atoms with van der Waals surface area (Å²) in [4.78, 5) is 44.6. The highest BCUT2D eigenvalue weighted by molar-refractivity contribution is 6.30. The first-order valence-electron chi connectivity index (χ1n) is 13.7. The quantitative estimate of drug-likeness (QED) is 0.452.